The standard InChI is InChI=1S/C26H31N3O5/c1-33-22-13-20(14-23(15-22)34-2)4-3-18-9-11-28(12-10-18)25(31)21-7-5-19(6-8-21)17-29-24(30)16-27-26(29)32/h5-8,13-15,18H,3-4,9-12,16-17H2,1-2H3,(H,27,32). The highest BCUT2D eigenvalue weighted by atomic mass is 16.5. The van der Waals surface area contributed by atoms with Crippen LogP contribution in [0.3, 0.4) is 0 Å². The SMILES string of the molecule is COc1cc(CCC2CCN(C(=O)c3ccc(CN4C(=O)CNC4=O)cc3)CC2)cc(OC)c1. The molecule has 8 nitrogen and oxygen atoms in total. The molecule has 1 N–H and O–H groups in total. The predicted octanol–water partition coefficient (Wildman–Crippen LogP) is 3.24. The van der Waals surface area contributed by atoms with Crippen molar-refractivity contribution in [1.82, 2.24) is 15.1 Å². The molecule has 0 spiro atoms. The van der Waals surface area contributed by atoms with E-state index in [-0.39, 0.29) is 30.9 Å². The fourth-order valence-corrected chi connectivity index (χ4v) is 4.54. The van der Waals surface area contributed by atoms with Crippen molar-refractivity contribution in [2.45, 2.75) is 32.2 Å². The summed E-state index contributed by atoms with van der Waals surface area (Å²) in [6, 6.07) is 12.8. The lowest BCUT2D eigenvalue weighted by Gasteiger charge is -2.32. The summed E-state index contributed by atoms with van der Waals surface area (Å²) in [7, 11) is 3.32. The Morgan fingerprint density at radius 1 is 0.971 bits per heavy atom. The van der Waals surface area contributed by atoms with Gasteiger partial charge in [-0.15, -0.1) is 0 Å². The molecule has 2 aliphatic heterocycles. The maximum atomic E-state index is 13.0. The van der Waals surface area contributed by atoms with Crippen molar-refractivity contribution in [3.8, 4) is 11.5 Å². The number of aryl methyl sites for hydroxylation is 1. The summed E-state index contributed by atoms with van der Waals surface area (Å²) >= 11 is 0. The van der Waals surface area contributed by atoms with Gasteiger partial charge in [0.05, 0.1) is 27.3 Å². The Balaban J connectivity index is 1.26. The van der Waals surface area contributed by atoms with Crippen LogP contribution in [0.15, 0.2) is 42.5 Å². The largest absolute Gasteiger partial charge is 0.497 e. The predicted molar refractivity (Wildman–Crippen MR) is 127 cm³/mol. The van der Waals surface area contributed by atoms with Crippen molar-refractivity contribution >= 4 is 17.8 Å². The Hall–Kier alpha value is -3.55. The van der Waals surface area contributed by atoms with Gasteiger partial charge in [-0.25, -0.2) is 4.79 Å². The number of piperidine rings is 1. The van der Waals surface area contributed by atoms with Gasteiger partial charge in [0.25, 0.3) is 5.91 Å². The normalized spacial score (nSPS) is 16.5. The second-order valence-electron chi connectivity index (χ2n) is 8.83. The fourth-order valence-electron chi connectivity index (χ4n) is 4.54. The zero-order valence-corrected chi connectivity index (χ0v) is 19.7. The van der Waals surface area contributed by atoms with Crippen molar-refractivity contribution in [2.75, 3.05) is 33.9 Å². The Morgan fingerprint density at radius 2 is 1.62 bits per heavy atom. The highest BCUT2D eigenvalue weighted by Crippen LogP contribution is 2.27. The monoisotopic (exact) mass is 465 g/mol. The maximum Gasteiger partial charge on any atom is 0.324 e. The summed E-state index contributed by atoms with van der Waals surface area (Å²) in [4.78, 5) is 39.5. The van der Waals surface area contributed by atoms with Crippen molar-refractivity contribution in [2.24, 2.45) is 5.92 Å². The molecule has 0 aromatic heterocycles. The summed E-state index contributed by atoms with van der Waals surface area (Å²) in [5.74, 6) is 1.97. The van der Waals surface area contributed by atoms with E-state index in [9.17, 15) is 14.4 Å². The van der Waals surface area contributed by atoms with E-state index in [1.807, 2.05) is 11.0 Å². The highest BCUT2D eigenvalue weighted by molar-refractivity contribution is 6.01. The minimum atomic E-state index is -0.376. The third-order valence-electron chi connectivity index (χ3n) is 6.63. The number of nitrogens with one attached hydrogen (secondary N) is 1. The Morgan fingerprint density at radius 3 is 2.18 bits per heavy atom. The molecule has 2 aromatic rings. The van der Waals surface area contributed by atoms with Crippen LogP contribution in [0.25, 0.3) is 0 Å². The molecule has 2 fully saturated rings. The van der Waals surface area contributed by atoms with Crippen LogP contribution in [0.5, 0.6) is 11.5 Å². The number of urea groups is 1. The van der Waals surface area contributed by atoms with Crippen LogP contribution in [0.1, 0.15) is 40.7 Å². The van der Waals surface area contributed by atoms with Crippen molar-refractivity contribution < 1.29 is 23.9 Å². The lowest BCUT2D eigenvalue weighted by atomic mass is 9.90. The summed E-state index contributed by atoms with van der Waals surface area (Å²) < 4.78 is 10.7. The molecule has 4 rings (SSSR count). The summed E-state index contributed by atoms with van der Waals surface area (Å²) in [5, 5.41) is 2.51. The third-order valence-corrected chi connectivity index (χ3v) is 6.63. The number of hydrogen-bond acceptors (Lipinski definition) is 5. The van der Waals surface area contributed by atoms with Crippen molar-refractivity contribution in [3.05, 3.63) is 59.2 Å². The second kappa shape index (κ2) is 10.6. The van der Waals surface area contributed by atoms with Crippen LogP contribution in [0.4, 0.5) is 4.79 Å². The minimum Gasteiger partial charge on any atom is -0.497 e. The van der Waals surface area contributed by atoms with Gasteiger partial charge in [-0.05, 0) is 67.0 Å². The van der Waals surface area contributed by atoms with Crippen LogP contribution in [0.2, 0.25) is 0 Å². The number of rotatable bonds is 8. The number of carbonyl (C=O) groups excluding carboxylic acids is 3. The third kappa shape index (κ3) is 5.50. The molecule has 0 radical (unpaired) electrons. The number of hydrogen-bond donors (Lipinski definition) is 1. The Labute approximate surface area is 199 Å². The quantitative estimate of drug-likeness (QED) is 0.605. The number of benzene rings is 2. The van der Waals surface area contributed by atoms with E-state index in [2.05, 4.69) is 17.4 Å². The van der Waals surface area contributed by atoms with E-state index in [0.29, 0.717) is 11.5 Å². The molecule has 34 heavy (non-hydrogen) atoms. The van der Waals surface area contributed by atoms with Gasteiger partial charge >= 0.3 is 6.03 Å². The summed E-state index contributed by atoms with van der Waals surface area (Å²) in [6.07, 6.45) is 3.98. The number of imide groups is 1. The number of ether oxygens (including phenoxy) is 2. The average Bonchev–Trinajstić information content (AvgIpc) is 3.19. The first kappa shape index (κ1) is 23.6. The molecule has 0 aliphatic carbocycles. The molecule has 0 unspecified atom stereocenters. The first-order valence-electron chi connectivity index (χ1n) is 11.6. The van der Waals surface area contributed by atoms with Gasteiger partial charge in [0, 0.05) is 24.7 Å². The van der Waals surface area contributed by atoms with E-state index in [4.69, 9.17) is 9.47 Å². The topological polar surface area (TPSA) is 88.2 Å². The molecule has 4 amide bonds. The molecule has 2 aliphatic rings. The molecule has 180 valence electrons. The van der Waals surface area contributed by atoms with E-state index >= 15 is 0 Å². The van der Waals surface area contributed by atoms with Gasteiger partial charge in [0.1, 0.15) is 11.5 Å². The smallest absolute Gasteiger partial charge is 0.324 e. The van der Waals surface area contributed by atoms with Crippen LogP contribution in [-0.4, -0.2) is 61.5 Å². The van der Waals surface area contributed by atoms with Crippen molar-refractivity contribution in [3.63, 3.8) is 0 Å². The first-order valence-corrected chi connectivity index (χ1v) is 11.6. The number of methoxy groups -OCH3 is 2. The molecule has 0 saturated carbocycles. The first-order chi connectivity index (χ1) is 16.5. The number of nitrogens with zero attached hydrogens (tertiary/aromatic N) is 2. The van der Waals surface area contributed by atoms with E-state index < -0.39 is 0 Å². The minimum absolute atomic E-state index is 0.0255. The van der Waals surface area contributed by atoms with Crippen molar-refractivity contribution in [1.29, 1.82) is 0 Å². The van der Waals surface area contributed by atoms with E-state index in [1.165, 1.54) is 10.5 Å². The summed E-state index contributed by atoms with van der Waals surface area (Å²) in [5.41, 5.74) is 2.64. The van der Waals surface area contributed by atoms with E-state index in [0.717, 1.165) is 55.8 Å². The van der Waals surface area contributed by atoms with Crippen LogP contribution >= 0.6 is 0 Å². The molecular formula is C26H31N3O5. The molecule has 2 heterocycles. The lowest BCUT2D eigenvalue weighted by Crippen LogP contribution is -2.38. The molecular weight excluding hydrogens is 434 g/mol. The number of amides is 4. The van der Waals surface area contributed by atoms with Crippen LogP contribution < -0.4 is 14.8 Å². The van der Waals surface area contributed by atoms with Crippen LogP contribution in [0, 0.1) is 5.92 Å². The molecule has 2 aromatic carbocycles. The van der Waals surface area contributed by atoms with Gasteiger partial charge in [0.15, 0.2) is 0 Å². The van der Waals surface area contributed by atoms with E-state index in [1.54, 1.807) is 38.5 Å². The zero-order valence-electron chi connectivity index (χ0n) is 19.7. The molecule has 0 atom stereocenters. The van der Waals surface area contributed by atoms with Gasteiger partial charge < -0.3 is 19.7 Å². The summed E-state index contributed by atoms with van der Waals surface area (Å²) in [6.45, 7) is 1.74. The lowest BCUT2D eigenvalue weighted by molar-refractivity contribution is -0.125. The Kier molecular flexibility index (Phi) is 7.35. The number of carbonyl (C=O) groups is 3. The van der Waals surface area contributed by atoms with Crippen LogP contribution in [-0.2, 0) is 17.8 Å². The highest BCUT2D eigenvalue weighted by Gasteiger charge is 2.28. The van der Waals surface area contributed by atoms with Gasteiger partial charge in [-0.2, -0.15) is 0 Å². The van der Waals surface area contributed by atoms with Gasteiger partial charge in [-0.3, -0.25) is 14.5 Å². The molecule has 8 heteroatoms. The zero-order chi connectivity index (χ0) is 24.1. The second-order valence-corrected chi connectivity index (χ2v) is 8.83. The average molecular weight is 466 g/mol. The maximum absolute atomic E-state index is 13.0. The van der Waals surface area contributed by atoms with Gasteiger partial charge in [-0.1, -0.05) is 12.1 Å². The molecule has 0 bridgehead atoms. The molecule has 2 saturated heterocycles. The fraction of sp³-hybridized carbons (Fsp3) is 0.423. The number of likely N-dealkylation sites (tertiary alicyclic amines) is 1. The Bertz CT molecular complexity index is 1010. The van der Waals surface area contributed by atoms with Gasteiger partial charge in [0.2, 0.25) is 5.91 Å².